The smallest absolute Gasteiger partial charge is 0.268 e. The van der Waals surface area contributed by atoms with Gasteiger partial charge in [-0.05, 0) is 73.1 Å². The molecule has 2 heterocycles. The fourth-order valence-corrected chi connectivity index (χ4v) is 6.07. The normalized spacial score (nSPS) is 15.8. The summed E-state index contributed by atoms with van der Waals surface area (Å²) >= 11 is 0. The molecule has 1 atom stereocenters. The third kappa shape index (κ3) is 6.98. The Morgan fingerprint density at radius 2 is 1.98 bits per heavy atom. The minimum atomic E-state index is -4.20. The lowest BCUT2D eigenvalue weighted by molar-refractivity contribution is 0.0981. The lowest BCUT2D eigenvalue weighted by Gasteiger charge is -2.38. The van der Waals surface area contributed by atoms with E-state index in [4.69, 9.17) is 15.5 Å². The summed E-state index contributed by atoms with van der Waals surface area (Å²) in [6, 6.07) is 13.4. The summed E-state index contributed by atoms with van der Waals surface area (Å²) in [5.74, 6) is -0.256. The molecule has 1 saturated heterocycles. The van der Waals surface area contributed by atoms with E-state index in [2.05, 4.69) is 30.4 Å². The zero-order chi connectivity index (χ0) is 29.9. The molecule has 1 aliphatic rings. The molecule has 1 aliphatic heterocycles. The molecule has 8 nitrogen and oxygen atoms in total. The van der Waals surface area contributed by atoms with Gasteiger partial charge in [-0.1, -0.05) is 40.7 Å². The van der Waals surface area contributed by atoms with E-state index in [1.165, 1.54) is 30.3 Å². The zero-order valence-electron chi connectivity index (χ0n) is 24.3. The minimum absolute atomic E-state index is 0. The monoisotopic (exact) mass is 586 g/mol. The van der Waals surface area contributed by atoms with Gasteiger partial charge in [0.05, 0.1) is 22.8 Å². The highest BCUT2D eigenvalue weighted by Crippen LogP contribution is 2.40. The fourth-order valence-electron chi connectivity index (χ4n) is 5.05. The highest BCUT2D eigenvalue weighted by atomic mass is 32.2. The lowest BCUT2D eigenvalue weighted by Crippen LogP contribution is -2.42. The Morgan fingerprint density at radius 1 is 1.22 bits per heavy atom. The summed E-state index contributed by atoms with van der Waals surface area (Å²) in [5, 5.41) is 0. The maximum atomic E-state index is 14.6. The number of benzene rings is 2. The second kappa shape index (κ2) is 12.1. The average molecular weight is 587 g/mol. The van der Waals surface area contributed by atoms with Crippen molar-refractivity contribution < 1.29 is 25.2 Å². The van der Waals surface area contributed by atoms with Crippen molar-refractivity contribution in [1.82, 2.24) is 9.71 Å². The van der Waals surface area contributed by atoms with Gasteiger partial charge in [0.2, 0.25) is 0 Å². The maximum absolute atomic E-state index is 14.6. The van der Waals surface area contributed by atoms with Crippen LogP contribution in [-0.4, -0.2) is 38.5 Å². The van der Waals surface area contributed by atoms with E-state index in [-0.39, 0.29) is 36.4 Å². The topological polar surface area (TPSA) is 115 Å². The van der Waals surface area contributed by atoms with Crippen LogP contribution in [-0.2, 0) is 10.0 Å². The van der Waals surface area contributed by atoms with Crippen LogP contribution >= 0.6 is 0 Å². The number of aromatic nitrogens is 1. The van der Waals surface area contributed by atoms with Crippen LogP contribution in [0.5, 0.6) is 5.75 Å². The van der Waals surface area contributed by atoms with Gasteiger partial charge in [-0.15, -0.1) is 0 Å². The largest absolute Gasteiger partial charge is 0.493 e. The predicted molar refractivity (Wildman–Crippen MR) is 164 cm³/mol. The number of nitrogen functional groups attached to an aromatic ring is 1. The maximum Gasteiger partial charge on any atom is 0.268 e. The molecule has 0 spiro atoms. The third-order valence-electron chi connectivity index (χ3n) is 7.60. The van der Waals surface area contributed by atoms with E-state index in [9.17, 15) is 17.6 Å². The van der Waals surface area contributed by atoms with Crippen molar-refractivity contribution in [2.75, 3.05) is 23.8 Å². The van der Waals surface area contributed by atoms with E-state index in [1.807, 2.05) is 13.8 Å². The number of anilines is 2. The Bertz CT molecular complexity index is 1540. The summed E-state index contributed by atoms with van der Waals surface area (Å²) in [4.78, 5) is 20.4. The number of amides is 1. The molecule has 10 heteroatoms. The van der Waals surface area contributed by atoms with E-state index in [0.717, 1.165) is 19.3 Å². The number of pyridine rings is 1. The van der Waals surface area contributed by atoms with Crippen molar-refractivity contribution in [3.8, 4) is 17.0 Å². The number of carbonyl (C=O) groups excluding carboxylic acids is 1. The number of carbonyl (C=O) groups is 1. The van der Waals surface area contributed by atoms with Crippen LogP contribution in [0.15, 0.2) is 59.5 Å². The lowest BCUT2D eigenvalue weighted by atomic mass is 9.80. The Kier molecular flexibility index (Phi) is 8.91. The SMILES string of the molecule is CCC(C)(C)C1CCCN1c1nc(-c2cc(F)cc(OCC(C)C)c2)ccc1C(=O)NS(=O)(=O)c1cccc(N)c1.[HH].[HH]. The van der Waals surface area contributed by atoms with E-state index < -0.39 is 21.7 Å². The van der Waals surface area contributed by atoms with Gasteiger partial charge in [0.1, 0.15) is 17.4 Å². The molecule has 1 amide bonds. The zero-order valence-corrected chi connectivity index (χ0v) is 25.1. The molecular weight excluding hydrogens is 543 g/mol. The van der Waals surface area contributed by atoms with E-state index in [1.54, 1.807) is 24.3 Å². The first kappa shape index (κ1) is 30.3. The molecular formula is C31H43FN4O4S. The van der Waals surface area contributed by atoms with Gasteiger partial charge < -0.3 is 15.4 Å². The summed E-state index contributed by atoms with van der Waals surface area (Å²) in [6.07, 6.45) is 2.71. The van der Waals surface area contributed by atoms with Crippen LogP contribution in [0, 0.1) is 17.2 Å². The number of ether oxygens (including phenoxy) is 1. The third-order valence-corrected chi connectivity index (χ3v) is 8.93. The van der Waals surface area contributed by atoms with Gasteiger partial charge >= 0.3 is 0 Å². The average Bonchev–Trinajstić information content (AvgIpc) is 3.42. The summed E-state index contributed by atoms with van der Waals surface area (Å²) < 4.78 is 48.7. The molecule has 0 radical (unpaired) electrons. The molecule has 0 bridgehead atoms. The van der Waals surface area contributed by atoms with Gasteiger partial charge in [0.25, 0.3) is 15.9 Å². The Balaban J connectivity index is 0.00000323. The van der Waals surface area contributed by atoms with Crippen molar-refractivity contribution in [2.24, 2.45) is 11.3 Å². The van der Waals surface area contributed by atoms with Crippen molar-refractivity contribution in [1.29, 1.82) is 0 Å². The second-order valence-electron chi connectivity index (χ2n) is 11.6. The van der Waals surface area contributed by atoms with E-state index in [0.29, 0.717) is 36.0 Å². The number of hydrogen-bond acceptors (Lipinski definition) is 7. The number of halogens is 1. The van der Waals surface area contributed by atoms with Crippen molar-refractivity contribution in [2.45, 2.75) is 64.8 Å². The van der Waals surface area contributed by atoms with Crippen LogP contribution in [0.25, 0.3) is 11.3 Å². The van der Waals surface area contributed by atoms with Gasteiger partial charge in [-0.2, -0.15) is 0 Å². The summed E-state index contributed by atoms with van der Waals surface area (Å²) in [7, 11) is -4.20. The van der Waals surface area contributed by atoms with Crippen molar-refractivity contribution >= 4 is 27.4 Å². The van der Waals surface area contributed by atoms with E-state index >= 15 is 0 Å². The number of hydrogen-bond donors (Lipinski definition) is 2. The summed E-state index contributed by atoms with van der Waals surface area (Å²) in [6.45, 7) is 11.6. The highest BCUT2D eigenvalue weighted by molar-refractivity contribution is 7.90. The molecule has 41 heavy (non-hydrogen) atoms. The molecule has 0 saturated carbocycles. The van der Waals surface area contributed by atoms with Gasteiger partial charge in [-0.25, -0.2) is 22.5 Å². The van der Waals surface area contributed by atoms with Gasteiger partial charge in [0, 0.05) is 32.8 Å². The molecule has 0 aliphatic carbocycles. The molecule has 3 aromatic rings. The molecule has 1 unspecified atom stereocenters. The van der Waals surface area contributed by atoms with Crippen LogP contribution in [0.4, 0.5) is 15.9 Å². The standard InChI is InChI=1S/C31H39FN4O4S.2H2/c1-6-31(4,5)28-11-8-14-36(28)29-26(30(37)35-41(38,39)25-10-7-9-23(33)18-25)12-13-27(34-29)21-15-22(32)17-24(16-21)40-19-20(2)3;;/h7,9-10,12-13,15-18,20,28H,6,8,11,14,19,33H2,1-5H3,(H,35,37);2*1H. The Morgan fingerprint density at radius 3 is 2.66 bits per heavy atom. The number of sulfonamides is 1. The van der Waals surface area contributed by atoms with Crippen molar-refractivity contribution in [3.05, 3.63) is 66.0 Å². The van der Waals surface area contributed by atoms with Crippen LogP contribution in [0.1, 0.15) is 67.1 Å². The molecule has 3 N–H and O–H groups in total. The molecule has 2 aromatic carbocycles. The predicted octanol–water partition coefficient (Wildman–Crippen LogP) is 6.52. The number of nitrogens with zero attached hydrogens (tertiary/aromatic N) is 2. The van der Waals surface area contributed by atoms with Crippen molar-refractivity contribution in [3.63, 3.8) is 0 Å². The van der Waals surface area contributed by atoms with Crippen LogP contribution in [0.2, 0.25) is 0 Å². The molecule has 4 rings (SSSR count). The highest BCUT2D eigenvalue weighted by Gasteiger charge is 2.38. The number of rotatable bonds is 10. The minimum Gasteiger partial charge on any atom is -0.493 e. The first-order chi connectivity index (χ1) is 19.3. The second-order valence-corrected chi connectivity index (χ2v) is 13.3. The Hall–Kier alpha value is -3.66. The quantitative estimate of drug-likeness (QED) is 0.260. The van der Waals surface area contributed by atoms with Crippen LogP contribution in [0.3, 0.4) is 0 Å². The molecule has 1 fully saturated rings. The number of nitrogens with one attached hydrogen (secondary N) is 1. The van der Waals surface area contributed by atoms with Crippen LogP contribution < -0.4 is 20.1 Å². The molecule has 224 valence electrons. The van der Waals surface area contributed by atoms with Gasteiger partial charge in [-0.3, -0.25) is 4.79 Å². The summed E-state index contributed by atoms with van der Waals surface area (Å²) in [5.41, 5.74) is 7.01. The number of nitrogens with two attached hydrogens (primary N) is 1. The first-order valence-corrected chi connectivity index (χ1v) is 15.4. The van der Waals surface area contributed by atoms with Gasteiger partial charge in [0.15, 0.2) is 0 Å². The first-order valence-electron chi connectivity index (χ1n) is 13.9. The fraction of sp³-hybridized carbons (Fsp3) is 0.419. The Labute approximate surface area is 245 Å². The molecule has 1 aromatic heterocycles.